The van der Waals surface area contributed by atoms with E-state index in [4.69, 9.17) is 4.74 Å². The van der Waals surface area contributed by atoms with Crippen LogP contribution < -0.4 is 0 Å². The molecule has 2 atom stereocenters. The molecule has 0 saturated carbocycles. The van der Waals surface area contributed by atoms with E-state index in [1.807, 2.05) is 0 Å². The zero-order valence-electron chi connectivity index (χ0n) is 11.5. The highest BCUT2D eigenvalue weighted by atomic mass is 16.5. The molecule has 1 aromatic carbocycles. The first-order chi connectivity index (χ1) is 8.60. The van der Waals surface area contributed by atoms with Crippen molar-refractivity contribution in [3.8, 4) is 0 Å². The Morgan fingerprint density at radius 2 is 2.00 bits per heavy atom. The van der Waals surface area contributed by atoms with Crippen LogP contribution in [0.3, 0.4) is 0 Å². The molecule has 1 heterocycles. The van der Waals surface area contributed by atoms with E-state index in [-0.39, 0.29) is 18.9 Å². The smallest absolute Gasteiger partial charge is 0.137 e. The predicted molar refractivity (Wildman–Crippen MR) is 72.3 cm³/mol. The monoisotopic (exact) mass is 249 g/mol. The van der Waals surface area contributed by atoms with E-state index in [0.717, 1.165) is 13.1 Å². The van der Waals surface area contributed by atoms with Crippen LogP contribution in [0.25, 0.3) is 0 Å². The molecule has 0 bridgehead atoms. The zero-order valence-corrected chi connectivity index (χ0v) is 11.5. The molecule has 100 valence electrons. The average molecular weight is 249 g/mol. The van der Waals surface area contributed by atoms with E-state index in [1.165, 1.54) is 11.1 Å². The molecule has 1 saturated heterocycles. The molecule has 1 fully saturated rings. The first kappa shape index (κ1) is 13.5. The van der Waals surface area contributed by atoms with Crippen LogP contribution in [0.5, 0.6) is 0 Å². The van der Waals surface area contributed by atoms with E-state index >= 15 is 0 Å². The highest BCUT2D eigenvalue weighted by Gasteiger charge is 2.33. The molecule has 2 unspecified atom stereocenters. The number of rotatable bonds is 4. The van der Waals surface area contributed by atoms with Crippen molar-refractivity contribution in [3.63, 3.8) is 0 Å². The summed E-state index contributed by atoms with van der Waals surface area (Å²) in [5.74, 6) is 0.596. The Labute approximate surface area is 109 Å². The van der Waals surface area contributed by atoms with E-state index in [0.29, 0.717) is 5.92 Å². The van der Waals surface area contributed by atoms with Gasteiger partial charge in [-0.05, 0) is 18.4 Å². The second-order valence-corrected chi connectivity index (χ2v) is 5.55. The molecule has 3 heteroatoms. The summed E-state index contributed by atoms with van der Waals surface area (Å²) >= 11 is 0. The fourth-order valence-corrected chi connectivity index (χ4v) is 2.43. The largest absolute Gasteiger partial charge is 0.394 e. The van der Waals surface area contributed by atoms with Crippen LogP contribution in [0.15, 0.2) is 24.3 Å². The summed E-state index contributed by atoms with van der Waals surface area (Å²) in [6, 6.07) is 8.46. The van der Waals surface area contributed by atoms with Gasteiger partial charge in [-0.15, -0.1) is 0 Å². The summed E-state index contributed by atoms with van der Waals surface area (Å²) in [6.45, 7) is 8.40. The Hall–Kier alpha value is -0.900. The van der Waals surface area contributed by atoms with Crippen molar-refractivity contribution in [2.45, 2.75) is 33.1 Å². The lowest BCUT2D eigenvalue weighted by Crippen LogP contribution is -2.29. The van der Waals surface area contributed by atoms with Gasteiger partial charge in [-0.25, -0.2) is 0 Å². The van der Waals surface area contributed by atoms with Gasteiger partial charge >= 0.3 is 0 Å². The highest BCUT2D eigenvalue weighted by Crippen LogP contribution is 2.30. The topological polar surface area (TPSA) is 32.7 Å². The second-order valence-electron chi connectivity index (χ2n) is 5.55. The van der Waals surface area contributed by atoms with Gasteiger partial charge in [0.25, 0.3) is 0 Å². The zero-order chi connectivity index (χ0) is 13.1. The van der Waals surface area contributed by atoms with Crippen LogP contribution in [-0.4, -0.2) is 35.8 Å². The number of hydrogen-bond donors (Lipinski definition) is 1. The highest BCUT2D eigenvalue weighted by molar-refractivity contribution is 5.23. The summed E-state index contributed by atoms with van der Waals surface area (Å²) < 4.78 is 5.93. The molecule has 2 rings (SSSR count). The number of aliphatic hydroxyl groups is 1. The Kier molecular flexibility index (Phi) is 4.38. The minimum Gasteiger partial charge on any atom is -0.394 e. The van der Waals surface area contributed by atoms with Gasteiger partial charge in [-0.3, -0.25) is 4.90 Å². The number of aryl methyl sites for hydroxylation is 1. The van der Waals surface area contributed by atoms with Crippen molar-refractivity contribution in [1.29, 1.82) is 0 Å². The summed E-state index contributed by atoms with van der Waals surface area (Å²) in [6.07, 6.45) is -0.0693. The second kappa shape index (κ2) is 5.83. The summed E-state index contributed by atoms with van der Waals surface area (Å²) in [5.41, 5.74) is 2.43. The molecule has 3 nitrogen and oxygen atoms in total. The first-order valence-electron chi connectivity index (χ1n) is 6.67. The Morgan fingerprint density at radius 1 is 1.33 bits per heavy atom. The average Bonchev–Trinajstić information content (AvgIpc) is 2.72. The maximum Gasteiger partial charge on any atom is 0.137 e. The maximum absolute atomic E-state index is 9.28. The lowest BCUT2D eigenvalue weighted by molar-refractivity contribution is -0.0218. The minimum atomic E-state index is -0.0601. The quantitative estimate of drug-likeness (QED) is 0.889. The van der Waals surface area contributed by atoms with E-state index in [1.54, 1.807) is 0 Å². The third-order valence-electron chi connectivity index (χ3n) is 3.26. The van der Waals surface area contributed by atoms with Crippen LogP contribution in [0.4, 0.5) is 0 Å². The molecule has 1 N–H and O–H groups in total. The summed E-state index contributed by atoms with van der Waals surface area (Å²) in [5, 5.41) is 9.28. The Bertz CT molecular complexity index is 375. The molecular weight excluding hydrogens is 226 g/mol. The predicted octanol–water partition coefficient (Wildman–Crippen LogP) is 2.34. The van der Waals surface area contributed by atoms with E-state index in [9.17, 15) is 5.11 Å². The third-order valence-corrected chi connectivity index (χ3v) is 3.26. The number of ether oxygens (including phenoxy) is 1. The third kappa shape index (κ3) is 3.10. The molecule has 1 aliphatic heterocycles. The summed E-state index contributed by atoms with van der Waals surface area (Å²) in [7, 11) is 0. The van der Waals surface area contributed by atoms with Crippen molar-refractivity contribution in [3.05, 3.63) is 35.4 Å². The Balaban J connectivity index is 2.15. The van der Waals surface area contributed by atoms with Gasteiger partial charge in [0.05, 0.1) is 12.7 Å². The van der Waals surface area contributed by atoms with Crippen LogP contribution in [0.2, 0.25) is 0 Å². The van der Waals surface area contributed by atoms with Crippen LogP contribution in [0.1, 0.15) is 31.2 Å². The van der Waals surface area contributed by atoms with Crippen molar-refractivity contribution in [1.82, 2.24) is 4.90 Å². The summed E-state index contributed by atoms with van der Waals surface area (Å²) in [4.78, 5) is 2.32. The lowest BCUT2D eigenvalue weighted by atomic mass is 10.1. The molecule has 0 aromatic heterocycles. The van der Waals surface area contributed by atoms with Gasteiger partial charge in [0.15, 0.2) is 0 Å². The van der Waals surface area contributed by atoms with Gasteiger partial charge in [0.1, 0.15) is 6.23 Å². The standard InChI is InChI=1S/C15H23NO2/c1-11(2)8-16-9-14(10-17)18-15(16)13-6-4-12(3)5-7-13/h4-7,11,14-15,17H,8-10H2,1-3H3. The first-order valence-corrected chi connectivity index (χ1v) is 6.67. The minimum absolute atomic E-state index is 0.00912. The Morgan fingerprint density at radius 3 is 2.56 bits per heavy atom. The van der Waals surface area contributed by atoms with Gasteiger partial charge in [0.2, 0.25) is 0 Å². The van der Waals surface area contributed by atoms with Crippen molar-refractivity contribution in [2.24, 2.45) is 5.92 Å². The van der Waals surface area contributed by atoms with Gasteiger partial charge < -0.3 is 9.84 Å². The van der Waals surface area contributed by atoms with Crippen LogP contribution in [-0.2, 0) is 4.74 Å². The maximum atomic E-state index is 9.28. The van der Waals surface area contributed by atoms with Crippen LogP contribution in [0, 0.1) is 12.8 Å². The van der Waals surface area contributed by atoms with Crippen molar-refractivity contribution < 1.29 is 9.84 Å². The molecular formula is C15H23NO2. The molecule has 0 radical (unpaired) electrons. The molecule has 0 amide bonds. The van der Waals surface area contributed by atoms with E-state index in [2.05, 4.69) is 49.9 Å². The lowest BCUT2D eigenvalue weighted by Gasteiger charge is -2.24. The number of aliphatic hydroxyl groups excluding tert-OH is 1. The van der Waals surface area contributed by atoms with E-state index < -0.39 is 0 Å². The fraction of sp³-hybridized carbons (Fsp3) is 0.600. The molecule has 0 spiro atoms. The molecule has 0 aliphatic carbocycles. The van der Waals surface area contributed by atoms with Gasteiger partial charge in [-0.1, -0.05) is 43.7 Å². The SMILES string of the molecule is Cc1ccc(C2OC(CO)CN2CC(C)C)cc1. The number of hydrogen-bond acceptors (Lipinski definition) is 3. The fourth-order valence-electron chi connectivity index (χ4n) is 2.43. The van der Waals surface area contributed by atoms with Gasteiger partial charge in [0, 0.05) is 13.1 Å². The van der Waals surface area contributed by atoms with Gasteiger partial charge in [-0.2, -0.15) is 0 Å². The number of nitrogens with zero attached hydrogens (tertiary/aromatic N) is 1. The van der Waals surface area contributed by atoms with Crippen LogP contribution >= 0.6 is 0 Å². The molecule has 18 heavy (non-hydrogen) atoms. The molecule has 1 aliphatic rings. The molecule has 1 aromatic rings. The number of benzene rings is 1. The van der Waals surface area contributed by atoms with Crippen molar-refractivity contribution in [2.75, 3.05) is 19.7 Å². The van der Waals surface area contributed by atoms with Crippen molar-refractivity contribution >= 4 is 0 Å². The normalized spacial score (nSPS) is 24.9.